The Hall–Kier alpha value is -7.81. The molecule has 3 fully saturated rings. The number of anilines is 3. The number of halogens is 4. The molecule has 3 aliphatic rings. The van der Waals surface area contributed by atoms with E-state index in [1.54, 1.807) is 54.7 Å². The van der Waals surface area contributed by atoms with Crippen molar-refractivity contribution in [3.05, 3.63) is 111 Å². The number of piperazine rings is 2. The summed E-state index contributed by atoms with van der Waals surface area (Å²) in [5.41, 5.74) is 1.26. The van der Waals surface area contributed by atoms with Crippen molar-refractivity contribution >= 4 is 64.0 Å². The first-order valence-electron chi connectivity index (χ1n) is 28.6. The molecule has 3 aliphatic heterocycles. The second-order valence-electron chi connectivity index (χ2n) is 23.1. The van der Waals surface area contributed by atoms with Crippen molar-refractivity contribution in [1.29, 1.82) is 0 Å². The average Bonchev–Trinajstić information content (AvgIpc) is 1.61. The molecule has 2 aromatic carbocycles. The highest BCUT2D eigenvalue weighted by Gasteiger charge is 2.45. The second kappa shape index (κ2) is 27.7. The highest BCUT2D eigenvalue weighted by Crippen LogP contribution is 2.38. The SMILES string of the molecule is Cc1ncsc1-c1ccc(CNC(=O)[C@@H]2C[C@@H](O)CN2C(=O)C(NC(=O)CCOCCNC(=O)CCC(=O)N2CCN(c3ccc(-c4cc(NC(=O)c5c[nH]c(=O)cc5C(F)(F)F)c(N5C[C@@H](C)N(C)[C@@H](C)C5)cc4F)cn3)CC2)C(C)(C)C)cc1. The molecule has 3 aromatic heterocycles. The summed E-state index contributed by atoms with van der Waals surface area (Å²) in [6, 6.07) is 12.1. The molecular weight excluding hydrogens is 1140 g/mol. The molecule has 6 amide bonds. The summed E-state index contributed by atoms with van der Waals surface area (Å²) in [6.07, 6.45) is -3.92. The van der Waals surface area contributed by atoms with Crippen molar-refractivity contribution in [3.8, 4) is 21.6 Å². The Morgan fingerprint density at radius 2 is 1.55 bits per heavy atom. The summed E-state index contributed by atoms with van der Waals surface area (Å²) in [5, 5.41) is 21.6. The molecule has 6 heterocycles. The zero-order valence-electron chi connectivity index (χ0n) is 49.2. The molecule has 86 heavy (non-hydrogen) atoms. The number of hydrogen-bond acceptors (Lipinski definition) is 15. The quantitative estimate of drug-likeness (QED) is 0.0412. The van der Waals surface area contributed by atoms with Crippen molar-refractivity contribution in [3.63, 3.8) is 0 Å². The summed E-state index contributed by atoms with van der Waals surface area (Å²) in [4.78, 5) is 113. The van der Waals surface area contributed by atoms with Crippen molar-refractivity contribution in [1.82, 2.24) is 45.6 Å². The minimum atomic E-state index is -5.01. The Morgan fingerprint density at radius 1 is 0.849 bits per heavy atom. The lowest BCUT2D eigenvalue weighted by Gasteiger charge is -2.44. The van der Waals surface area contributed by atoms with Gasteiger partial charge in [-0.1, -0.05) is 45.0 Å². The summed E-state index contributed by atoms with van der Waals surface area (Å²) in [7, 11) is 1.96. The number of aliphatic hydroxyl groups is 1. The molecule has 21 nitrogen and oxygen atoms in total. The maximum atomic E-state index is 16.2. The van der Waals surface area contributed by atoms with Crippen LogP contribution < -0.4 is 36.6 Å². The number of carbonyl (C=O) groups excluding carboxylic acids is 6. The van der Waals surface area contributed by atoms with Crippen molar-refractivity contribution in [2.75, 3.05) is 87.7 Å². The maximum absolute atomic E-state index is 16.2. The number of nitrogens with one attached hydrogen (secondary N) is 5. The second-order valence-corrected chi connectivity index (χ2v) is 24.0. The topological polar surface area (TPSA) is 255 Å². The van der Waals surface area contributed by atoms with Gasteiger partial charge in [-0.25, -0.2) is 14.4 Å². The molecule has 1 unspecified atom stereocenters. The van der Waals surface area contributed by atoms with Crippen molar-refractivity contribution < 1.29 is 56.2 Å². The first-order valence-corrected chi connectivity index (χ1v) is 29.4. The number of H-pyrrole nitrogens is 1. The molecule has 0 aliphatic carbocycles. The molecular formula is C60H74F4N12O9S. The number of amides is 6. The number of ether oxygens (including phenoxy) is 1. The minimum absolute atomic E-state index is 0.0127. The van der Waals surface area contributed by atoms with Crippen LogP contribution in [0.25, 0.3) is 21.6 Å². The van der Waals surface area contributed by atoms with E-state index >= 15 is 4.39 Å². The van der Waals surface area contributed by atoms with Crippen LogP contribution in [0, 0.1) is 18.2 Å². The lowest BCUT2D eigenvalue weighted by atomic mass is 9.85. The number of hydrogen-bond donors (Lipinski definition) is 6. The number of aryl methyl sites for hydroxylation is 1. The number of β-amino-alcohol motifs (C(OH)–C–C–N with tert-alkyl or cyclic N) is 1. The fraction of sp³-hybridized carbons (Fsp3) is 0.483. The fourth-order valence-electron chi connectivity index (χ4n) is 10.8. The number of alkyl halides is 3. The van der Waals surface area contributed by atoms with Gasteiger partial charge < -0.3 is 55.7 Å². The van der Waals surface area contributed by atoms with E-state index in [9.17, 15) is 51.8 Å². The van der Waals surface area contributed by atoms with Crippen LogP contribution >= 0.6 is 11.3 Å². The Balaban J connectivity index is 0.757. The van der Waals surface area contributed by atoms with Gasteiger partial charge in [0, 0.05) is 126 Å². The van der Waals surface area contributed by atoms with Gasteiger partial charge in [-0.05, 0) is 68.6 Å². The van der Waals surface area contributed by atoms with Crippen molar-refractivity contribution in [2.24, 2.45) is 5.41 Å². The van der Waals surface area contributed by atoms with Gasteiger partial charge in [0.2, 0.25) is 35.1 Å². The molecule has 0 saturated carbocycles. The Kier molecular flexibility index (Phi) is 20.7. The number of aromatic nitrogens is 3. The lowest BCUT2D eigenvalue weighted by Crippen LogP contribution is -2.57. The third-order valence-electron chi connectivity index (χ3n) is 15.8. The molecule has 462 valence electrons. The average molecular weight is 1220 g/mol. The van der Waals surface area contributed by atoms with Crippen LogP contribution in [0.15, 0.2) is 77.3 Å². The zero-order valence-corrected chi connectivity index (χ0v) is 50.0. The molecule has 5 aromatic rings. The summed E-state index contributed by atoms with van der Waals surface area (Å²) in [6.45, 7) is 14.0. The van der Waals surface area contributed by atoms with Crippen LogP contribution in [0.5, 0.6) is 0 Å². The molecule has 8 rings (SSSR count). The molecule has 26 heteroatoms. The van der Waals surface area contributed by atoms with Gasteiger partial charge in [0.15, 0.2) is 0 Å². The van der Waals surface area contributed by atoms with Crippen LogP contribution in [0.1, 0.15) is 87.5 Å². The van der Waals surface area contributed by atoms with E-state index in [1.165, 1.54) is 23.2 Å². The molecule has 3 saturated heterocycles. The number of nitrogens with zero attached hydrogens (tertiary/aromatic N) is 7. The number of thiazole rings is 1. The van der Waals surface area contributed by atoms with E-state index in [4.69, 9.17) is 4.74 Å². The Labute approximate surface area is 499 Å². The molecule has 5 atom stereocenters. The standard InChI is InChI=1S/C60H74F4N12O9S/c1-35-31-75(32-36(2)72(35)7)47-27-45(61)42(25-46(47)70-56(82)43-30-67-52(80)26-44(43)60(62,63)64)40-12-13-49(66-29-40)73-18-20-74(21-19-73)53(81)15-14-50(78)65-17-23-85-22-16-51(79)71-55(59(4,5)6)58(84)76-33-41(77)24-48(76)57(83)68-28-38-8-10-39(11-9-38)54-37(3)69-34-86-54/h8-13,25-27,29-30,34-36,41,48,55,77H,14-24,28,31-33H2,1-7H3,(H,65,78)(H,67,80)(H,68,83)(H,70,82)(H,71,79)/t35-,36+,41-,48+,55?/m1/s1. The third kappa shape index (κ3) is 16.0. The summed E-state index contributed by atoms with van der Waals surface area (Å²) < 4.78 is 63.8. The van der Waals surface area contributed by atoms with Gasteiger partial charge in [-0.15, -0.1) is 11.3 Å². The highest BCUT2D eigenvalue weighted by molar-refractivity contribution is 7.13. The van der Waals surface area contributed by atoms with E-state index in [1.807, 2.05) is 61.9 Å². The normalized spacial score (nSPS) is 18.8. The Bertz CT molecular complexity index is 3300. The number of aromatic amines is 1. The number of likely N-dealkylation sites (N-methyl/N-ethyl adjacent to an activating group) is 1. The fourth-order valence-corrected chi connectivity index (χ4v) is 11.6. The van der Waals surface area contributed by atoms with E-state index in [-0.39, 0.29) is 99.4 Å². The van der Waals surface area contributed by atoms with Crippen LogP contribution in [0.2, 0.25) is 0 Å². The van der Waals surface area contributed by atoms with E-state index in [0.717, 1.165) is 21.7 Å². The van der Waals surface area contributed by atoms with Crippen molar-refractivity contribution in [2.45, 2.75) is 110 Å². The predicted octanol–water partition coefficient (Wildman–Crippen LogP) is 5.57. The first kappa shape index (κ1) is 64.2. The molecule has 0 bridgehead atoms. The van der Waals surface area contributed by atoms with Gasteiger partial charge in [-0.3, -0.25) is 38.5 Å². The van der Waals surface area contributed by atoms with Crippen LogP contribution in [0.3, 0.4) is 0 Å². The van der Waals surface area contributed by atoms with E-state index in [2.05, 4.69) is 41.1 Å². The lowest BCUT2D eigenvalue weighted by molar-refractivity contribution is -0.144. The van der Waals surface area contributed by atoms with Gasteiger partial charge in [0.25, 0.3) is 5.91 Å². The number of pyridine rings is 2. The van der Waals surface area contributed by atoms with Gasteiger partial charge in [0.1, 0.15) is 23.7 Å². The first-order chi connectivity index (χ1) is 40.7. The number of rotatable bonds is 20. The minimum Gasteiger partial charge on any atom is -0.391 e. The number of aliphatic hydroxyl groups excluding tert-OH is 1. The third-order valence-corrected chi connectivity index (χ3v) is 16.8. The number of likely N-dealkylation sites (tertiary alicyclic amines) is 1. The number of benzene rings is 2. The summed E-state index contributed by atoms with van der Waals surface area (Å²) in [5.74, 6) is -3.20. The van der Waals surface area contributed by atoms with Gasteiger partial charge in [-0.2, -0.15) is 13.2 Å². The molecule has 6 N–H and O–H groups in total. The summed E-state index contributed by atoms with van der Waals surface area (Å²) >= 11 is 1.55. The number of carbonyl (C=O) groups is 6. The van der Waals surface area contributed by atoms with Gasteiger partial charge >= 0.3 is 6.18 Å². The maximum Gasteiger partial charge on any atom is 0.417 e. The highest BCUT2D eigenvalue weighted by atomic mass is 32.1. The van der Waals surface area contributed by atoms with Crippen LogP contribution in [-0.2, 0) is 41.4 Å². The smallest absolute Gasteiger partial charge is 0.391 e. The largest absolute Gasteiger partial charge is 0.417 e. The Morgan fingerprint density at radius 3 is 2.19 bits per heavy atom. The van der Waals surface area contributed by atoms with Crippen LogP contribution in [0.4, 0.5) is 34.8 Å². The van der Waals surface area contributed by atoms with Gasteiger partial charge in [0.05, 0.1) is 57.9 Å². The molecule has 0 radical (unpaired) electrons. The monoisotopic (exact) mass is 1210 g/mol. The van der Waals surface area contributed by atoms with E-state index < -0.39 is 75.9 Å². The molecule has 0 spiro atoms. The zero-order chi connectivity index (χ0) is 62.2. The van der Waals surface area contributed by atoms with Crippen LogP contribution in [-0.4, -0.2) is 173 Å². The van der Waals surface area contributed by atoms with E-state index in [0.29, 0.717) is 62.9 Å². The predicted molar refractivity (Wildman–Crippen MR) is 317 cm³/mol.